The molecule has 1 unspecified atom stereocenters. The number of urea groups is 1. The van der Waals surface area contributed by atoms with Crippen LogP contribution < -0.4 is 5.56 Å². The van der Waals surface area contributed by atoms with Gasteiger partial charge in [0, 0.05) is 43.9 Å². The smallest absolute Gasteiger partial charge is 0.327 e. The molecule has 2 fully saturated rings. The van der Waals surface area contributed by atoms with E-state index in [0.717, 1.165) is 47.0 Å². The van der Waals surface area contributed by atoms with Gasteiger partial charge in [-0.1, -0.05) is 11.8 Å². The van der Waals surface area contributed by atoms with Crippen molar-refractivity contribution < 1.29 is 14.4 Å². The molecule has 10 heteroatoms. The summed E-state index contributed by atoms with van der Waals surface area (Å²) in [7, 11) is 1.51. The molecule has 166 valence electrons. The molecular formula is C21H27N5O4S. The van der Waals surface area contributed by atoms with Crippen molar-refractivity contribution >= 4 is 29.6 Å². The highest BCUT2D eigenvalue weighted by atomic mass is 32.2. The number of rotatable bonds is 3. The van der Waals surface area contributed by atoms with Crippen LogP contribution in [0.15, 0.2) is 9.95 Å². The van der Waals surface area contributed by atoms with Crippen molar-refractivity contribution in [2.24, 2.45) is 0 Å². The molecule has 1 aromatic rings. The monoisotopic (exact) mass is 445 g/mol. The van der Waals surface area contributed by atoms with Gasteiger partial charge in [0.15, 0.2) is 5.16 Å². The Kier molecular flexibility index (Phi) is 5.27. The van der Waals surface area contributed by atoms with Crippen LogP contribution in [-0.4, -0.2) is 80.6 Å². The molecular weight excluding hydrogens is 418 g/mol. The van der Waals surface area contributed by atoms with Gasteiger partial charge in [0.25, 0.3) is 5.56 Å². The number of carbonyl (C=O) groups is 3. The Morgan fingerprint density at radius 3 is 2.58 bits per heavy atom. The highest BCUT2D eigenvalue weighted by Gasteiger charge is 2.39. The number of aryl methyl sites for hydroxylation is 1. The van der Waals surface area contributed by atoms with Crippen LogP contribution in [0.25, 0.3) is 0 Å². The quantitative estimate of drug-likeness (QED) is 0.510. The van der Waals surface area contributed by atoms with Crippen LogP contribution in [0.1, 0.15) is 49.4 Å². The Balaban J connectivity index is 1.23. The largest absolute Gasteiger partial charge is 0.342 e. The average Bonchev–Trinajstić information content (AvgIpc) is 3.30. The molecule has 0 bridgehead atoms. The Hall–Kier alpha value is -2.36. The molecule has 4 aliphatic rings. The summed E-state index contributed by atoms with van der Waals surface area (Å²) < 4.78 is 1.75. The van der Waals surface area contributed by atoms with Crippen LogP contribution >= 0.6 is 11.8 Å². The molecule has 2 saturated heterocycles. The average molecular weight is 446 g/mol. The molecule has 1 aromatic heterocycles. The third-order valence-electron chi connectivity index (χ3n) is 7.00. The number of hydrogen-bond donors (Lipinski definition) is 0. The third kappa shape index (κ3) is 3.54. The van der Waals surface area contributed by atoms with E-state index in [0.29, 0.717) is 38.1 Å². The van der Waals surface area contributed by atoms with Gasteiger partial charge in [0.1, 0.15) is 6.54 Å². The maximum atomic E-state index is 13.1. The number of thioether (sulfide) groups is 1. The van der Waals surface area contributed by atoms with Crippen LogP contribution in [0.3, 0.4) is 0 Å². The summed E-state index contributed by atoms with van der Waals surface area (Å²) in [4.78, 5) is 59.4. The fourth-order valence-electron chi connectivity index (χ4n) is 5.13. The van der Waals surface area contributed by atoms with E-state index < -0.39 is 0 Å². The SMILES string of the molecule is CN1C(=O)CN(C2CCN(C(=O)CC3CSc4nc5c(c(=O)n43)CCCC5)CC2)C1=O. The van der Waals surface area contributed by atoms with Gasteiger partial charge in [-0.15, -0.1) is 0 Å². The van der Waals surface area contributed by atoms with Gasteiger partial charge in [0.2, 0.25) is 11.8 Å². The second-order valence-electron chi connectivity index (χ2n) is 8.85. The van der Waals surface area contributed by atoms with E-state index in [-0.39, 0.29) is 42.0 Å². The Morgan fingerprint density at radius 2 is 1.87 bits per heavy atom. The number of nitrogens with zero attached hydrogens (tertiary/aromatic N) is 5. The van der Waals surface area contributed by atoms with Crippen LogP contribution in [-0.2, 0) is 22.4 Å². The molecule has 4 heterocycles. The number of piperidine rings is 1. The van der Waals surface area contributed by atoms with Crippen LogP contribution in [0.4, 0.5) is 4.79 Å². The zero-order valence-corrected chi connectivity index (χ0v) is 18.5. The van der Waals surface area contributed by atoms with E-state index in [4.69, 9.17) is 4.98 Å². The molecule has 4 amide bonds. The fraction of sp³-hybridized carbons (Fsp3) is 0.667. The summed E-state index contributed by atoms with van der Waals surface area (Å²) in [6.07, 6.45) is 5.41. The lowest BCUT2D eigenvalue weighted by molar-refractivity contribution is -0.133. The van der Waals surface area contributed by atoms with Gasteiger partial charge >= 0.3 is 6.03 Å². The number of likely N-dealkylation sites (N-methyl/N-ethyl adjacent to an activating group) is 1. The van der Waals surface area contributed by atoms with E-state index >= 15 is 0 Å². The molecule has 3 aliphatic heterocycles. The maximum absolute atomic E-state index is 13.1. The van der Waals surface area contributed by atoms with Crippen molar-refractivity contribution in [3.05, 3.63) is 21.6 Å². The van der Waals surface area contributed by atoms with Gasteiger partial charge in [-0.05, 0) is 38.5 Å². The second-order valence-corrected chi connectivity index (χ2v) is 9.83. The first-order valence-electron chi connectivity index (χ1n) is 11.1. The molecule has 0 aromatic carbocycles. The highest BCUT2D eigenvalue weighted by molar-refractivity contribution is 7.99. The summed E-state index contributed by atoms with van der Waals surface area (Å²) in [5.74, 6) is 0.564. The lowest BCUT2D eigenvalue weighted by Gasteiger charge is -2.36. The summed E-state index contributed by atoms with van der Waals surface area (Å²) in [5, 5.41) is 0.753. The summed E-state index contributed by atoms with van der Waals surface area (Å²) >= 11 is 1.57. The molecule has 1 atom stereocenters. The molecule has 31 heavy (non-hydrogen) atoms. The Morgan fingerprint density at radius 1 is 1.13 bits per heavy atom. The van der Waals surface area contributed by atoms with Crippen LogP contribution in [0.5, 0.6) is 0 Å². The zero-order chi connectivity index (χ0) is 21.7. The minimum Gasteiger partial charge on any atom is -0.342 e. The first kappa shape index (κ1) is 20.5. The fourth-order valence-corrected chi connectivity index (χ4v) is 6.28. The minimum atomic E-state index is -0.246. The lowest BCUT2D eigenvalue weighted by atomic mass is 9.97. The molecule has 9 nitrogen and oxygen atoms in total. The van der Waals surface area contributed by atoms with Crippen molar-refractivity contribution in [1.29, 1.82) is 0 Å². The number of carbonyl (C=O) groups excluding carboxylic acids is 3. The van der Waals surface area contributed by atoms with Gasteiger partial charge in [-0.2, -0.15) is 0 Å². The normalized spacial score (nSPS) is 24.0. The minimum absolute atomic E-state index is 0.00782. The molecule has 1 aliphatic carbocycles. The number of imide groups is 1. The summed E-state index contributed by atoms with van der Waals surface area (Å²) in [5.41, 5.74) is 1.83. The van der Waals surface area contributed by atoms with Crippen molar-refractivity contribution in [2.75, 3.05) is 32.4 Å². The zero-order valence-electron chi connectivity index (χ0n) is 17.7. The second kappa shape index (κ2) is 7.96. The number of fused-ring (bicyclic) bond motifs is 2. The Labute approximate surface area is 184 Å². The number of amides is 4. The number of aromatic nitrogens is 2. The van der Waals surface area contributed by atoms with Crippen LogP contribution in [0.2, 0.25) is 0 Å². The van der Waals surface area contributed by atoms with Gasteiger partial charge < -0.3 is 9.80 Å². The van der Waals surface area contributed by atoms with E-state index in [2.05, 4.69) is 0 Å². The van der Waals surface area contributed by atoms with Crippen molar-refractivity contribution in [3.8, 4) is 0 Å². The van der Waals surface area contributed by atoms with E-state index in [1.807, 2.05) is 4.90 Å². The highest BCUT2D eigenvalue weighted by Crippen LogP contribution is 2.34. The molecule has 0 saturated carbocycles. The summed E-state index contributed by atoms with van der Waals surface area (Å²) in [6, 6.07) is -0.403. The predicted octanol–water partition coefficient (Wildman–Crippen LogP) is 1.04. The first-order chi connectivity index (χ1) is 14.9. The summed E-state index contributed by atoms with van der Waals surface area (Å²) in [6.45, 7) is 1.26. The molecule has 0 radical (unpaired) electrons. The topological polar surface area (TPSA) is 95.8 Å². The van der Waals surface area contributed by atoms with Crippen molar-refractivity contribution in [2.45, 2.75) is 62.2 Å². The van der Waals surface area contributed by atoms with E-state index in [1.54, 1.807) is 21.2 Å². The molecule has 0 spiro atoms. The number of likely N-dealkylation sites (tertiary alicyclic amines) is 1. The third-order valence-corrected chi connectivity index (χ3v) is 8.10. The lowest BCUT2D eigenvalue weighted by Crippen LogP contribution is -2.48. The predicted molar refractivity (Wildman–Crippen MR) is 114 cm³/mol. The molecule has 5 rings (SSSR count). The maximum Gasteiger partial charge on any atom is 0.327 e. The van der Waals surface area contributed by atoms with Crippen molar-refractivity contribution in [1.82, 2.24) is 24.3 Å². The van der Waals surface area contributed by atoms with Crippen LogP contribution in [0, 0.1) is 0 Å². The van der Waals surface area contributed by atoms with E-state index in [9.17, 15) is 19.2 Å². The first-order valence-corrected chi connectivity index (χ1v) is 12.0. The van der Waals surface area contributed by atoms with Gasteiger partial charge in [-0.25, -0.2) is 9.78 Å². The van der Waals surface area contributed by atoms with Gasteiger partial charge in [0.05, 0.1) is 11.7 Å². The van der Waals surface area contributed by atoms with Gasteiger partial charge in [-0.3, -0.25) is 23.9 Å². The van der Waals surface area contributed by atoms with Crippen molar-refractivity contribution in [3.63, 3.8) is 0 Å². The number of hydrogen-bond acceptors (Lipinski definition) is 6. The molecule has 0 N–H and O–H groups in total. The van der Waals surface area contributed by atoms with E-state index in [1.165, 1.54) is 7.05 Å². The Bertz CT molecular complexity index is 1000. The standard InChI is InChI=1S/C21H27N5O4S/c1-23-18(28)11-25(21(23)30)13-6-8-24(9-7-13)17(27)10-14-12-31-20-22-16-5-3-2-4-15(16)19(29)26(14)20/h13-14H,2-12H2,1H3.